The first kappa shape index (κ1) is 14.6. The Morgan fingerprint density at radius 3 is 2.77 bits per heavy atom. The maximum atomic E-state index is 12.3. The molecule has 2 aromatic rings. The molecule has 0 fully saturated rings. The predicted molar refractivity (Wildman–Crippen MR) is 89.6 cm³/mol. The smallest absolute Gasteiger partial charge is 0.224 e. The van der Waals surface area contributed by atoms with Gasteiger partial charge < -0.3 is 11.1 Å². The third-order valence-electron chi connectivity index (χ3n) is 4.30. The van der Waals surface area contributed by atoms with E-state index in [4.69, 9.17) is 5.73 Å². The molecule has 1 atom stereocenters. The molecule has 0 bridgehead atoms. The summed E-state index contributed by atoms with van der Waals surface area (Å²) in [5, 5.41) is 3.18. The molecule has 0 radical (unpaired) electrons. The maximum Gasteiger partial charge on any atom is 0.224 e. The number of rotatable bonds is 3. The SMILES string of the molecule is Cc1ccc(CC(=O)NC2CCCc3cc(N)ccc32)cc1. The van der Waals surface area contributed by atoms with Gasteiger partial charge in [-0.1, -0.05) is 35.9 Å². The van der Waals surface area contributed by atoms with Gasteiger partial charge in [-0.05, 0) is 55.0 Å². The topological polar surface area (TPSA) is 55.1 Å². The van der Waals surface area contributed by atoms with Crippen LogP contribution in [0.1, 0.15) is 41.1 Å². The summed E-state index contributed by atoms with van der Waals surface area (Å²) in [6.07, 6.45) is 3.56. The van der Waals surface area contributed by atoms with Crippen LogP contribution in [0.4, 0.5) is 5.69 Å². The van der Waals surface area contributed by atoms with Gasteiger partial charge in [-0.3, -0.25) is 4.79 Å². The molecule has 1 amide bonds. The number of nitrogens with two attached hydrogens (primary N) is 1. The highest BCUT2D eigenvalue weighted by Gasteiger charge is 2.21. The standard InChI is InChI=1S/C19H22N2O/c1-13-5-7-14(8-6-13)11-19(22)21-18-4-2-3-15-12-16(20)9-10-17(15)18/h5-10,12,18H,2-4,11,20H2,1H3,(H,21,22). The summed E-state index contributed by atoms with van der Waals surface area (Å²) < 4.78 is 0. The molecule has 2 aromatic carbocycles. The van der Waals surface area contributed by atoms with Crippen LogP contribution in [0.15, 0.2) is 42.5 Å². The number of amides is 1. The second-order valence-corrected chi connectivity index (χ2v) is 6.13. The molecule has 3 rings (SSSR count). The fraction of sp³-hybridized carbons (Fsp3) is 0.316. The number of nitrogen functional groups attached to an aromatic ring is 1. The molecule has 3 heteroatoms. The van der Waals surface area contributed by atoms with E-state index in [0.717, 1.165) is 30.5 Å². The second kappa shape index (κ2) is 6.22. The Kier molecular flexibility index (Phi) is 4.14. The Labute approximate surface area is 131 Å². The first-order chi connectivity index (χ1) is 10.6. The van der Waals surface area contributed by atoms with Gasteiger partial charge in [-0.15, -0.1) is 0 Å². The van der Waals surface area contributed by atoms with Crippen LogP contribution in [-0.4, -0.2) is 5.91 Å². The lowest BCUT2D eigenvalue weighted by molar-refractivity contribution is -0.121. The summed E-state index contributed by atoms with van der Waals surface area (Å²) in [5.74, 6) is 0.0820. The highest BCUT2D eigenvalue weighted by molar-refractivity contribution is 5.79. The molecular weight excluding hydrogens is 272 g/mol. The van der Waals surface area contributed by atoms with Crippen molar-refractivity contribution >= 4 is 11.6 Å². The van der Waals surface area contributed by atoms with Gasteiger partial charge in [-0.2, -0.15) is 0 Å². The monoisotopic (exact) mass is 294 g/mol. The van der Waals surface area contributed by atoms with Gasteiger partial charge in [0.25, 0.3) is 0 Å². The van der Waals surface area contributed by atoms with E-state index in [9.17, 15) is 4.79 Å². The summed E-state index contributed by atoms with van der Waals surface area (Å²) in [7, 11) is 0. The number of hydrogen-bond acceptors (Lipinski definition) is 2. The van der Waals surface area contributed by atoms with Gasteiger partial charge in [-0.25, -0.2) is 0 Å². The first-order valence-corrected chi connectivity index (χ1v) is 7.85. The second-order valence-electron chi connectivity index (χ2n) is 6.13. The van der Waals surface area contributed by atoms with Crippen molar-refractivity contribution in [2.75, 3.05) is 5.73 Å². The van der Waals surface area contributed by atoms with Crippen molar-refractivity contribution in [3.63, 3.8) is 0 Å². The first-order valence-electron chi connectivity index (χ1n) is 7.85. The van der Waals surface area contributed by atoms with Gasteiger partial charge in [0.15, 0.2) is 0 Å². The number of carbonyl (C=O) groups is 1. The molecule has 114 valence electrons. The van der Waals surface area contributed by atoms with E-state index < -0.39 is 0 Å². The zero-order chi connectivity index (χ0) is 15.5. The van der Waals surface area contributed by atoms with Crippen molar-refractivity contribution in [3.05, 3.63) is 64.7 Å². The van der Waals surface area contributed by atoms with Gasteiger partial charge in [0, 0.05) is 5.69 Å². The van der Waals surface area contributed by atoms with Crippen LogP contribution >= 0.6 is 0 Å². The number of hydrogen-bond donors (Lipinski definition) is 2. The third kappa shape index (κ3) is 3.30. The van der Waals surface area contributed by atoms with Crippen molar-refractivity contribution < 1.29 is 4.79 Å². The maximum absolute atomic E-state index is 12.3. The summed E-state index contributed by atoms with van der Waals surface area (Å²) in [4.78, 5) is 12.3. The zero-order valence-electron chi connectivity index (χ0n) is 12.9. The summed E-state index contributed by atoms with van der Waals surface area (Å²) in [5.41, 5.74) is 11.4. The average molecular weight is 294 g/mol. The van der Waals surface area contributed by atoms with E-state index in [0.29, 0.717) is 6.42 Å². The van der Waals surface area contributed by atoms with Crippen LogP contribution in [0.2, 0.25) is 0 Å². The molecule has 0 aliphatic heterocycles. The van der Waals surface area contributed by atoms with Crippen LogP contribution in [0.5, 0.6) is 0 Å². The lowest BCUT2D eigenvalue weighted by atomic mass is 9.87. The van der Waals surface area contributed by atoms with E-state index in [2.05, 4.69) is 18.3 Å². The molecule has 1 aliphatic rings. The quantitative estimate of drug-likeness (QED) is 0.853. The molecule has 3 N–H and O–H groups in total. The van der Waals surface area contributed by atoms with Gasteiger partial charge in [0.2, 0.25) is 5.91 Å². The van der Waals surface area contributed by atoms with Crippen LogP contribution in [0, 0.1) is 6.92 Å². The Morgan fingerprint density at radius 2 is 2.00 bits per heavy atom. The third-order valence-corrected chi connectivity index (χ3v) is 4.30. The zero-order valence-corrected chi connectivity index (χ0v) is 12.9. The van der Waals surface area contributed by atoms with E-state index in [1.54, 1.807) is 0 Å². The normalized spacial score (nSPS) is 16.9. The highest BCUT2D eigenvalue weighted by atomic mass is 16.1. The number of carbonyl (C=O) groups excluding carboxylic acids is 1. The predicted octanol–water partition coefficient (Wildman–Crippen LogP) is 3.31. The van der Waals surface area contributed by atoms with E-state index >= 15 is 0 Å². The molecule has 0 aromatic heterocycles. The minimum absolute atomic E-state index is 0.0820. The van der Waals surface area contributed by atoms with Crippen molar-refractivity contribution in [3.8, 4) is 0 Å². The van der Waals surface area contributed by atoms with E-state index in [1.165, 1.54) is 16.7 Å². The highest BCUT2D eigenvalue weighted by Crippen LogP contribution is 2.31. The van der Waals surface area contributed by atoms with Crippen molar-refractivity contribution in [1.82, 2.24) is 5.32 Å². The van der Waals surface area contributed by atoms with Crippen LogP contribution in [-0.2, 0) is 17.6 Å². The minimum Gasteiger partial charge on any atom is -0.399 e. The van der Waals surface area contributed by atoms with Gasteiger partial charge in [0.05, 0.1) is 12.5 Å². The molecule has 0 spiro atoms. The Balaban J connectivity index is 1.69. The summed E-state index contributed by atoms with van der Waals surface area (Å²) >= 11 is 0. The Bertz CT molecular complexity index is 676. The number of fused-ring (bicyclic) bond motifs is 1. The van der Waals surface area contributed by atoms with Crippen LogP contribution < -0.4 is 11.1 Å². The Hall–Kier alpha value is -2.29. The van der Waals surface area contributed by atoms with Crippen molar-refractivity contribution in [2.24, 2.45) is 0 Å². The van der Waals surface area contributed by atoms with Crippen molar-refractivity contribution in [1.29, 1.82) is 0 Å². The lowest BCUT2D eigenvalue weighted by Crippen LogP contribution is -2.32. The molecule has 1 aliphatic carbocycles. The van der Waals surface area contributed by atoms with E-state index in [-0.39, 0.29) is 11.9 Å². The number of aryl methyl sites for hydroxylation is 2. The van der Waals surface area contributed by atoms with Crippen LogP contribution in [0.25, 0.3) is 0 Å². The van der Waals surface area contributed by atoms with Crippen molar-refractivity contribution in [2.45, 2.75) is 38.6 Å². The summed E-state index contributed by atoms with van der Waals surface area (Å²) in [6.45, 7) is 2.05. The number of nitrogens with one attached hydrogen (secondary N) is 1. The van der Waals surface area contributed by atoms with Gasteiger partial charge in [0.1, 0.15) is 0 Å². The fourth-order valence-corrected chi connectivity index (χ4v) is 3.12. The Morgan fingerprint density at radius 1 is 1.23 bits per heavy atom. The molecule has 3 nitrogen and oxygen atoms in total. The molecule has 0 saturated carbocycles. The summed E-state index contributed by atoms with van der Waals surface area (Å²) in [6, 6.07) is 14.2. The van der Waals surface area contributed by atoms with Crippen LogP contribution in [0.3, 0.4) is 0 Å². The average Bonchev–Trinajstić information content (AvgIpc) is 2.49. The number of benzene rings is 2. The van der Waals surface area contributed by atoms with Gasteiger partial charge >= 0.3 is 0 Å². The lowest BCUT2D eigenvalue weighted by Gasteiger charge is -2.26. The number of anilines is 1. The molecule has 0 heterocycles. The largest absolute Gasteiger partial charge is 0.399 e. The fourth-order valence-electron chi connectivity index (χ4n) is 3.12. The molecule has 1 unspecified atom stereocenters. The van der Waals surface area contributed by atoms with E-state index in [1.807, 2.05) is 36.4 Å². The minimum atomic E-state index is 0.0820. The molecular formula is C19H22N2O. The molecule has 0 saturated heterocycles. The molecule has 22 heavy (non-hydrogen) atoms.